The summed E-state index contributed by atoms with van der Waals surface area (Å²) in [6.45, 7) is 7.40. The highest BCUT2D eigenvalue weighted by Gasteiger charge is 2.40. The van der Waals surface area contributed by atoms with Gasteiger partial charge in [-0.25, -0.2) is 18.3 Å². The van der Waals surface area contributed by atoms with Crippen LogP contribution in [-0.2, 0) is 20.7 Å². The molecule has 1 saturated carbocycles. The Hall–Kier alpha value is -5.33. The molecule has 16 nitrogen and oxygen atoms in total. The number of piperidine rings is 1. The molecule has 3 atom stereocenters. The molecular formula is C42H49F2N11O5. The topological polar surface area (TPSA) is 168 Å². The number of imide groups is 1. The molecule has 0 spiro atoms. The van der Waals surface area contributed by atoms with Gasteiger partial charge in [-0.2, -0.15) is 10.2 Å². The number of hydrogen-bond acceptors (Lipinski definition) is 12. The number of morpholine rings is 1. The van der Waals surface area contributed by atoms with Gasteiger partial charge in [0.2, 0.25) is 11.8 Å². The molecule has 4 aromatic heterocycles. The summed E-state index contributed by atoms with van der Waals surface area (Å²) < 4.78 is 43.2. The van der Waals surface area contributed by atoms with E-state index in [0.29, 0.717) is 36.7 Å². The predicted octanol–water partition coefficient (Wildman–Crippen LogP) is 4.74. The lowest BCUT2D eigenvalue weighted by atomic mass is 9.85. The second kappa shape index (κ2) is 16.3. The number of benzene rings is 1. The first kappa shape index (κ1) is 38.8. The van der Waals surface area contributed by atoms with Gasteiger partial charge in [-0.1, -0.05) is 17.3 Å². The number of amides is 3. The monoisotopic (exact) mass is 825 g/mol. The van der Waals surface area contributed by atoms with Gasteiger partial charge >= 0.3 is 0 Å². The maximum atomic E-state index is 14.3. The van der Waals surface area contributed by atoms with Crippen molar-refractivity contribution in [1.82, 2.24) is 44.7 Å². The Morgan fingerprint density at radius 2 is 1.85 bits per heavy atom. The van der Waals surface area contributed by atoms with Crippen LogP contribution in [-0.4, -0.2) is 122 Å². The highest BCUT2D eigenvalue weighted by atomic mass is 19.3. The van der Waals surface area contributed by atoms with Gasteiger partial charge in [0.1, 0.15) is 17.1 Å². The number of alkyl halides is 2. The van der Waals surface area contributed by atoms with Crippen LogP contribution in [0.5, 0.6) is 0 Å². The first-order valence-corrected chi connectivity index (χ1v) is 21.3. The summed E-state index contributed by atoms with van der Waals surface area (Å²) in [5.41, 5.74) is 2.54. The van der Waals surface area contributed by atoms with Crippen LogP contribution >= 0.6 is 0 Å². The number of hydrogen-bond donors (Lipinski definition) is 2. The van der Waals surface area contributed by atoms with E-state index < -0.39 is 23.9 Å². The lowest BCUT2D eigenvalue weighted by molar-refractivity contribution is -0.134. The number of nitrogens with zero attached hydrogens (tertiary/aromatic N) is 9. The number of anilines is 2. The zero-order chi connectivity index (χ0) is 40.9. The first-order chi connectivity index (χ1) is 29.2. The van der Waals surface area contributed by atoms with E-state index >= 15 is 0 Å². The summed E-state index contributed by atoms with van der Waals surface area (Å²) in [7, 11) is 0. The fourth-order valence-corrected chi connectivity index (χ4v) is 9.99. The number of carbonyl (C=O) groups excluding carboxylic acids is 3. The van der Waals surface area contributed by atoms with Gasteiger partial charge in [-0.05, 0) is 81.5 Å². The molecule has 10 rings (SSSR count). The number of rotatable bonds is 12. The van der Waals surface area contributed by atoms with Gasteiger partial charge < -0.3 is 29.3 Å². The van der Waals surface area contributed by atoms with Crippen molar-refractivity contribution in [3.8, 4) is 0 Å². The number of fused-ring (bicyclic) bond motifs is 4. The number of piperazine rings is 1. The van der Waals surface area contributed by atoms with Crippen molar-refractivity contribution in [2.75, 3.05) is 62.6 Å². The third-order valence-electron chi connectivity index (χ3n) is 13.3. The summed E-state index contributed by atoms with van der Waals surface area (Å²) >= 11 is 0. The molecule has 8 heterocycles. The van der Waals surface area contributed by atoms with Crippen molar-refractivity contribution in [2.24, 2.45) is 5.92 Å². The Morgan fingerprint density at radius 1 is 1.02 bits per heavy atom. The number of nitrogens with one attached hydrogen (secondary N) is 2. The average molecular weight is 826 g/mol. The van der Waals surface area contributed by atoms with Crippen LogP contribution in [0.2, 0.25) is 0 Å². The molecular weight excluding hydrogens is 777 g/mol. The van der Waals surface area contributed by atoms with E-state index in [9.17, 15) is 23.2 Å². The molecule has 1 aliphatic carbocycles. The van der Waals surface area contributed by atoms with E-state index in [2.05, 4.69) is 46.8 Å². The fraction of sp³-hybridized carbons (Fsp3) is 0.548. The van der Waals surface area contributed by atoms with Crippen molar-refractivity contribution in [2.45, 2.75) is 88.3 Å². The molecule has 4 aliphatic heterocycles. The van der Waals surface area contributed by atoms with Gasteiger partial charge in [-0.15, -0.1) is 0 Å². The molecule has 1 unspecified atom stereocenters. The van der Waals surface area contributed by atoms with Crippen LogP contribution in [0.25, 0.3) is 16.6 Å². The highest BCUT2D eigenvalue weighted by molar-refractivity contribution is 6.08. The predicted molar refractivity (Wildman–Crippen MR) is 215 cm³/mol. The van der Waals surface area contributed by atoms with Crippen molar-refractivity contribution in [1.29, 1.82) is 0 Å². The summed E-state index contributed by atoms with van der Waals surface area (Å²) in [5.74, 6) is -0.332. The van der Waals surface area contributed by atoms with Crippen LogP contribution < -0.4 is 15.5 Å². The van der Waals surface area contributed by atoms with E-state index in [4.69, 9.17) is 14.2 Å². The van der Waals surface area contributed by atoms with Crippen molar-refractivity contribution < 1.29 is 32.4 Å². The number of para-hydroxylation sites is 1. The number of aryl methyl sites for hydroxylation is 1. The van der Waals surface area contributed by atoms with Crippen LogP contribution in [0.3, 0.4) is 0 Å². The third-order valence-corrected chi connectivity index (χ3v) is 13.3. The van der Waals surface area contributed by atoms with E-state index in [1.54, 1.807) is 17.1 Å². The lowest BCUT2D eigenvalue weighted by Gasteiger charge is -2.38. The largest absolute Gasteiger partial charge is 0.374 e. The summed E-state index contributed by atoms with van der Waals surface area (Å²) in [4.78, 5) is 49.6. The normalized spacial score (nSPS) is 25.2. The molecule has 4 saturated heterocycles. The summed E-state index contributed by atoms with van der Waals surface area (Å²) in [5, 5.41) is 18.8. The molecule has 2 N–H and O–H groups in total. The zero-order valence-corrected chi connectivity index (χ0v) is 33.3. The number of carbonyl (C=O) groups is 3. The quantitative estimate of drug-likeness (QED) is 0.166. The van der Waals surface area contributed by atoms with Crippen molar-refractivity contribution in [3.63, 3.8) is 0 Å². The van der Waals surface area contributed by atoms with Crippen LogP contribution in [0.15, 0.2) is 47.4 Å². The van der Waals surface area contributed by atoms with Crippen LogP contribution in [0.1, 0.15) is 97.1 Å². The molecule has 5 fully saturated rings. The summed E-state index contributed by atoms with van der Waals surface area (Å²) in [6, 6.07) is 8.07. The minimum atomic E-state index is -2.85. The van der Waals surface area contributed by atoms with Gasteiger partial charge in [0.15, 0.2) is 16.9 Å². The SMILES string of the molecule is O=C1CCC(c2noc3c(CCCN4CCN(CC5CCC(n6cc(NC(=O)c7cnn8ccc(N9C[C@H]%10C[C@@H]9CO%10)nc78)c(C(F)F)n6)CC5)CC4)cccc23)C(=O)N1. The molecule has 316 valence electrons. The van der Waals surface area contributed by atoms with E-state index in [1.165, 1.54) is 10.7 Å². The number of halogens is 2. The minimum absolute atomic E-state index is 0.00782. The molecule has 5 aromatic rings. The van der Waals surface area contributed by atoms with Crippen LogP contribution in [0.4, 0.5) is 20.3 Å². The maximum absolute atomic E-state index is 14.3. The first-order valence-electron chi connectivity index (χ1n) is 21.3. The average Bonchev–Trinajstić information content (AvgIpc) is 4.11. The molecule has 1 aromatic carbocycles. The standard InChI is InChI=1S/C42H49F2N11O5/c43-39(44)37-33(46-42(58)32-20-45-54-14-12-34(47-40(32)54)53-22-29-19-28(53)24-59-29)23-55(49-37)27-8-6-25(7-9-27)21-52-17-15-51(16-18-52)13-2-4-26-3-1-5-30-36(50-60-38(26)30)31-10-11-35(56)48-41(31)57/h1,3,5,12,14,20,23,25,27-29,31,39H,2,4,6-11,13,15-19,21-22,24H2,(H,46,58)(H,48,56,57)/t25?,27?,28-,29-,31?/m1/s1. The van der Waals surface area contributed by atoms with E-state index in [1.807, 2.05) is 18.2 Å². The Bertz CT molecular complexity index is 2400. The van der Waals surface area contributed by atoms with Crippen molar-refractivity contribution >= 4 is 45.8 Å². The Labute approximate surface area is 344 Å². The minimum Gasteiger partial charge on any atom is -0.374 e. The van der Waals surface area contributed by atoms with Crippen molar-refractivity contribution in [3.05, 3.63) is 65.4 Å². The van der Waals surface area contributed by atoms with Gasteiger partial charge in [0.25, 0.3) is 12.3 Å². The Kier molecular flexibility index (Phi) is 10.5. The molecule has 2 bridgehead atoms. The van der Waals surface area contributed by atoms with Gasteiger partial charge in [-0.3, -0.25) is 24.4 Å². The zero-order valence-electron chi connectivity index (χ0n) is 33.3. The maximum Gasteiger partial charge on any atom is 0.284 e. The van der Waals surface area contributed by atoms with Gasteiger partial charge in [0, 0.05) is 63.5 Å². The van der Waals surface area contributed by atoms with Crippen LogP contribution in [0, 0.1) is 5.92 Å². The second-order valence-corrected chi connectivity index (χ2v) is 17.1. The number of ether oxygens (including phenoxy) is 1. The molecule has 0 radical (unpaired) electrons. The Balaban J connectivity index is 0.690. The smallest absolute Gasteiger partial charge is 0.284 e. The van der Waals surface area contributed by atoms with E-state index in [-0.39, 0.29) is 41.3 Å². The third kappa shape index (κ3) is 7.64. The highest BCUT2D eigenvalue weighted by Crippen LogP contribution is 2.37. The lowest BCUT2D eigenvalue weighted by Crippen LogP contribution is -2.48. The Morgan fingerprint density at radius 3 is 2.62 bits per heavy atom. The molecule has 60 heavy (non-hydrogen) atoms. The summed E-state index contributed by atoms with van der Waals surface area (Å²) in [6.07, 6.45) is 9.20. The van der Waals surface area contributed by atoms with Gasteiger partial charge in [0.05, 0.1) is 42.6 Å². The fourth-order valence-electron chi connectivity index (χ4n) is 9.99. The molecule has 3 amide bonds. The van der Waals surface area contributed by atoms with E-state index in [0.717, 1.165) is 113 Å². The molecule has 5 aliphatic rings. The number of aromatic nitrogens is 6. The second-order valence-electron chi connectivity index (χ2n) is 17.1. The molecule has 18 heteroatoms.